The molecule has 0 aromatic heterocycles. The highest BCUT2D eigenvalue weighted by Crippen LogP contribution is 1.68. The van der Waals surface area contributed by atoms with Crippen LogP contribution in [-0.2, 0) is 0 Å². The van der Waals surface area contributed by atoms with E-state index in [-0.39, 0.29) is 0 Å². The summed E-state index contributed by atoms with van der Waals surface area (Å²) in [5.74, 6) is 4.72. The van der Waals surface area contributed by atoms with Crippen molar-refractivity contribution in [1.82, 2.24) is 5.43 Å². The molecule has 1 atom stereocenters. The van der Waals surface area contributed by atoms with Gasteiger partial charge in [-0.25, -0.2) is 0 Å². The maximum atomic E-state index is 8.56. The zero-order valence-electron chi connectivity index (χ0n) is 5.60. The number of rotatable bonds is 2. The number of hydrogen-bond acceptors (Lipinski definition) is 3. The van der Waals surface area contributed by atoms with E-state index in [4.69, 9.17) is 13.7 Å². The minimum Gasteiger partial charge on any atom is -0.392 e. The van der Waals surface area contributed by atoms with Gasteiger partial charge in [0.25, 0.3) is 0 Å². The van der Waals surface area contributed by atoms with Crippen LogP contribution in [0.15, 0.2) is 0 Å². The van der Waals surface area contributed by atoms with Crippen LogP contribution in [0.3, 0.4) is 0 Å². The van der Waals surface area contributed by atoms with Crippen LogP contribution in [0.25, 0.3) is 0 Å². The second-order valence-corrected chi connectivity index (χ2v) is 0.965. The molecule has 0 fully saturated rings. The fourth-order valence-electron chi connectivity index (χ4n) is 0.121. The summed E-state index contributed by atoms with van der Waals surface area (Å²) in [5, 5.41) is 8.56. The molecule has 0 aliphatic rings. The normalized spacial score (nSPS) is 21.8. The Balaban J connectivity index is 3.71. The lowest BCUT2D eigenvalue weighted by atomic mass is 10.4. The minimum absolute atomic E-state index is 1.09. The number of hydrogen-bond donors (Lipinski definition) is 3. The van der Waals surface area contributed by atoms with Gasteiger partial charge in [-0.2, -0.15) is 0 Å². The lowest BCUT2D eigenvalue weighted by Gasteiger charge is -1.97. The molecule has 0 unspecified atom stereocenters. The van der Waals surface area contributed by atoms with Gasteiger partial charge in [0.2, 0.25) is 0 Å². The van der Waals surface area contributed by atoms with E-state index in [0.717, 1.165) is 0 Å². The monoisotopic (exact) mass is 92.1 g/mol. The van der Waals surface area contributed by atoms with E-state index >= 15 is 0 Å². The topological polar surface area (TPSA) is 58.3 Å². The Labute approximate surface area is 39.9 Å². The van der Waals surface area contributed by atoms with Gasteiger partial charge in [0, 0.05) is 9.24 Å². The molecule has 0 heterocycles. The third-order valence-electron chi connectivity index (χ3n) is 0.292. The first-order chi connectivity index (χ1) is 3.50. The average Bonchev–Trinajstić information content (AvgIpc) is 1.67. The van der Waals surface area contributed by atoms with E-state index in [1.54, 1.807) is 0 Å². The maximum absolute atomic E-state index is 8.56. The van der Waals surface area contributed by atoms with Gasteiger partial charge in [-0.1, -0.05) is 0 Å². The summed E-state index contributed by atoms with van der Waals surface area (Å²) in [6, 6.07) is 0. The summed E-state index contributed by atoms with van der Waals surface area (Å²) in [7, 11) is 0. The Morgan fingerprint density at radius 1 is 2.33 bits per heavy atom. The molecule has 0 aromatic carbocycles. The maximum Gasteiger partial charge on any atom is 0.0650 e. The molecular formula is C3H10N2O. The average molecular weight is 92.1 g/mol. The van der Waals surface area contributed by atoms with Crippen LogP contribution in [0.5, 0.6) is 0 Å². The van der Waals surface area contributed by atoms with Crippen LogP contribution >= 0.6 is 0 Å². The Kier molecular flexibility index (Phi) is 1.52. The molecule has 0 aliphatic heterocycles. The molecular weight excluding hydrogens is 80.0 g/mol. The van der Waals surface area contributed by atoms with Gasteiger partial charge in [0.15, 0.2) is 0 Å². The Hall–Kier alpha value is -0.120. The van der Waals surface area contributed by atoms with Gasteiger partial charge >= 0.3 is 0 Å². The Bertz CT molecular complexity index is 75.7. The zero-order valence-corrected chi connectivity index (χ0v) is 3.60. The number of aliphatic hydroxyl groups excluding tert-OH is 1. The predicted octanol–water partition coefficient (Wildman–Crippen LogP) is -1.17. The molecule has 0 rings (SSSR count). The first-order valence-electron chi connectivity index (χ1n) is 2.66. The third-order valence-corrected chi connectivity index (χ3v) is 0.292. The van der Waals surface area contributed by atoms with Crippen LogP contribution in [0.4, 0.5) is 0 Å². The molecule has 0 radical (unpaired) electrons. The summed E-state index contributed by atoms with van der Waals surface area (Å²) < 4.78 is 13.6. The smallest absolute Gasteiger partial charge is 0.0650 e. The van der Waals surface area contributed by atoms with Crippen molar-refractivity contribution in [2.45, 2.75) is 13.0 Å². The van der Waals surface area contributed by atoms with Gasteiger partial charge in [-0.3, -0.25) is 11.3 Å². The van der Waals surface area contributed by atoms with E-state index in [2.05, 4.69) is 0 Å². The van der Waals surface area contributed by atoms with Crippen LogP contribution in [0.2, 0.25) is 0 Å². The van der Waals surface area contributed by atoms with Gasteiger partial charge in [-0.15, -0.1) is 0 Å². The Morgan fingerprint density at radius 3 is 2.83 bits per heavy atom. The number of aliphatic hydroxyl groups is 1. The number of nitrogens with two attached hydrogens (primary N) is 1. The first-order valence-corrected chi connectivity index (χ1v) is 1.66. The van der Waals surface area contributed by atoms with Crippen LogP contribution in [0, 0.1) is 0 Å². The predicted molar refractivity (Wildman–Crippen MR) is 23.9 cm³/mol. The fourth-order valence-corrected chi connectivity index (χ4v) is 0.121. The van der Waals surface area contributed by atoms with Gasteiger partial charge in [0.1, 0.15) is 0 Å². The van der Waals surface area contributed by atoms with E-state index in [1.807, 2.05) is 5.43 Å². The summed E-state index contributed by atoms with van der Waals surface area (Å²) in [4.78, 5) is 0. The van der Waals surface area contributed by atoms with Crippen molar-refractivity contribution in [2.75, 3.05) is 6.50 Å². The molecule has 0 aliphatic carbocycles. The highest BCUT2D eigenvalue weighted by molar-refractivity contribution is 4.43. The molecule has 0 saturated carbocycles. The first kappa shape index (κ1) is 2.96. The van der Waals surface area contributed by atoms with Crippen LogP contribution < -0.4 is 11.3 Å². The van der Waals surface area contributed by atoms with Crippen molar-refractivity contribution in [3.8, 4) is 0 Å². The van der Waals surface area contributed by atoms with Crippen LogP contribution in [0.1, 0.15) is 9.67 Å². The molecule has 0 bridgehead atoms. The Morgan fingerprint density at radius 2 is 2.83 bits per heavy atom. The summed E-state index contributed by atoms with van der Waals surface area (Å²) in [5.41, 5.74) is 1.82. The molecule has 0 saturated heterocycles. The fraction of sp³-hybridized carbons (Fsp3) is 1.00. The van der Waals surface area contributed by atoms with Crippen molar-refractivity contribution >= 4 is 0 Å². The highest BCUT2D eigenvalue weighted by atomic mass is 16.3. The lowest BCUT2D eigenvalue weighted by molar-refractivity contribution is 0.192. The third kappa shape index (κ3) is 3.88. The molecule has 38 valence electrons. The van der Waals surface area contributed by atoms with Crippen molar-refractivity contribution in [3.63, 3.8) is 0 Å². The van der Waals surface area contributed by atoms with E-state index in [9.17, 15) is 0 Å². The van der Waals surface area contributed by atoms with Crippen molar-refractivity contribution in [1.29, 1.82) is 0 Å². The SMILES string of the molecule is [2H]C([2H])(NN)[C@H](C)O. The van der Waals surface area contributed by atoms with E-state index < -0.39 is 12.6 Å². The second-order valence-electron chi connectivity index (χ2n) is 0.965. The molecule has 4 N–H and O–H groups in total. The largest absolute Gasteiger partial charge is 0.392 e. The molecule has 6 heavy (non-hydrogen) atoms. The van der Waals surface area contributed by atoms with Gasteiger partial charge in [0.05, 0.1) is 6.10 Å². The summed E-state index contributed by atoms with van der Waals surface area (Å²) in [6.07, 6.45) is -1.09. The lowest BCUT2D eigenvalue weighted by Crippen LogP contribution is -2.29. The summed E-state index contributed by atoms with van der Waals surface area (Å²) in [6.45, 7) is -0.556. The van der Waals surface area contributed by atoms with Gasteiger partial charge < -0.3 is 5.11 Å². The van der Waals surface area contributed by atoms with E-state index in [0.29, 0.717) is 0 Å². The molecule has 0 amide bonds. The number of hydrazine groups is 1. The molecule has 0 aromatic rings. The van der Waals surface area contributed by atoms with Crippen molar-refractivity contribution < 1.29 is 7.85 Å². The summed E-state index contributed by atoms with van der Waals surface area (Å²) >= 11 is 0. The molecule has 0 spiro atoms. The minimum atomic E-state index is -1.88. The quantitative estimate of drug-likeness (QED) is 0.297. The molecule has 3 nitrogen and oxygen atoms in total. The molecule has 3 heteroatoms. The number of nitrogens with one attached hydrogen (secondary N) is 1. The standard InChI is InChI=1S/C3H10N2O/c1-3(6)2-5-4/h3,5-6H,2,4H2,1H3/t3-/m0/s1/i2D2. The second kappa shape index (κ2) is 3.08. The highest BCUT2D eigenvalue weighted by Gasteiger charge is 1.86. The van der Waals surface area contributed by atoms with Crippen LogP contribution in [-0.4, -0.2) is 17.7 Å². The van der Waals surface area contributed by atoms with Crippen molar-refractivity contribution in [3.05, 3.63) is 0 Å². The zero-order chi connectivity index (χ0) is 6.78. The van der Waals surface area contributed by atoms with Gasteiger partial charge in [-0.05, 0) is 6.92 Å². The van der Waals surface area contributed by atoms with E-state index in [1.165, 1.54) is 6.92 Å². The van der Waals surface area contributed by atoms with Crippen molar-refractivity contribution in [2.24, 2.45) is 5.84 Å².